The van der Waals surface area contributed by atoms with Crippen LogP contribution in [0.15, 0.2) is 18.2 Å². The zero-order chi connectivity index (χ0) is 13.5. The summed E-state index contributed by atoms with van der Waals surface area (Å²) in [6, 6.07) is 6.04. The lowest BCUT2D eigenvalue weighted by Gasteiger charge is -2.53. The second-order valence-corrected chi connectivity index (χ2v) is 6.54. The Morgan fingerprint density at radius 2 is 2.00 bits per heavy atom. The van der Waals surface area contributed by atoms with Crippen molar-refractivity contribution in [2.24, 2.45) is 5.41 Å². The van der Waals surface area contributed by atoms with Gasteiger partial charge in [0, 0.05) is 22.9 Å². The normalized spacial score (nSPS) is 28.4. The van der Waals surface area contributed by atoms with Gasteiger partial charge >= 0.3 is 0 Å². The molecule has 2 saturated carbocycles. The van der Waals surface area contributed by atoms with E-state index in [1.165, 1.54) is 25.7 Å². The standard InChI is InChI=1S/C15H19Cl2NO/c1-18-13-9-14(15(13)6-2-3-7-15)19-12-5-4-10(16)8-11(12)17/h4-5,8,13-14,18H,2-3,6-7,9H2,1H3. The number of rotatable bonds is 3. The second-order valence-electron chi connectivity index (χ2n) is 5.70. The van der Waals surface area contributed by atoms with E-state index in [9.17, 15) is 0 Å². The highest BCUT2D eigenvalue weighted by Crippen LogP contribution is 2.54. The van der Waals surface area contributed by atoms with Crippen LogP contribution in [0.5, 0.6) is 5.75 Å². The molecular weight excluding hydrogens is 281 g/mol. The van der Waals surface area contributed by atoms with Crippen LogP contribution in [-0.4, -0.2) is 19.2 Å². The average molecular weight is 300 g/mol. The topological polar surface area (TPSA) is 21.3 Å². The maximum atomic E-state index is 6.19. The highest BCUT2D eigenvalue weighted by Gasteiger charge is 2.57. The van der Waals surface area contributed by atoms with E-state index in [4.69, 9.17) is 27.9 Å². The van der Waals surface area contributed by atoms with Gasteiger partial charge in [-0.15, -0.1) is 0 Å². The third-order valence-corrected chi connectivity index (χ3v) is 5.36. The highest BCUT2D eigenvalue weighted by atomic mass is 35.5. The van der Waals surface area contributed by atoms with Crippen LogP contribution in [0.3, 0.4) is 0 Å². The van der Waals surface area contributed by atoms with Gasteiger partial charge in [-0.25, -0.2) is 0 Å². The molecule has 0 bridgehead atoms. The first-order valence-corrected chi connectivity index (χ1v) is 7.70. The van der Waals surface area contributed by atoms with Gasteiger partial charge in [-0.3, -0.25) is 0 Å². The molecule has 1 aromatic carbocycles. The first-order chi connectivity index (χ1) is 9.15. The fourth-order valence-corrected chi connectivity index (χ4v) is 4.20. The van der Waals surface area contributed by atoms with Gasteiger partial charge in [-0.05, 0) is 38.1 Å². The van der Waals surface area contributed by atoms with Crippen LogP contribution in [0.1, 0.15) is 32.1 Å². The molecule has 0 aliphatic heterocycles. The molecule has 1 aromatic rings. The van der Waals surface area contributed by atoms with Crippen molar-refractivity contribution >= 4 is 23.2 Å². The summed E-state index contributed by atoms with van der Waals surface area (Å²) >= 11 is 12.1. The van der Waals surface area contributed by atoms with Crippen molar-refractivity contribution in [1.82, 2.24) is 5.32 Å². The Bertz CT molecular complexity index is 471. The molecule has 0 saturated heterocycles. The van der Waals surface area contributed by atoms with E-state index in [0.717, 1.165) is 12.2 Å². The quantitative estimate of drug-likeness (QED) is 0.899. The van der Waals surface area contributed by atoms with E-state index < -0.39 is 0 Å². The van der Waals surface area contributed by atoms with Gasteiger partial charge in [-0.1, -0.05) is 36.0 Å². The Hall–Kier alpha value is -0.440. The van der Waals surface area contributed by atoms with Crippen LogP contribution in [-0.2, 0) is 0 Å². The Morgan fingerprint density at radius 3 is 2.63 bits per heavy atom. The van der Waals surface area contributed by atoms with Gasteiger partial charge in [-0.2, -0.15) is 0 Å². The number of hydrogen-bond acceptors (Lipinski definition) is 2. The summed E-state index contributed by atoms with van der Waals surface area (Å²) in [5.74, 6) is 0.761. The molecule has 3 rings (SSSR count). The molecule has 2 aliphatic carbocycles. The van der Waals surface area contributed by atoms with Gasteiger partial charge in [0.2, 0.25) is 0 Å². The fraction of sp³-hybridized carbons (Fsp3) is 0.600. The van der Waals surface area contributed by atoms with Crippen LogP contribution >= 0.6 is 23.2 Å². The van der Waals surface area contributed by atoms with Crippen molar-refractivity contribution in [1.29, 1.82) is 0 Å². The first-order valence-electron chi connectivity index (χ1n) is 6.95. The van der Waals surface area contributed by atoms with Crippen molar-refractivity contribution in [2.45, 2.75) is 44.2 Å². The van der Waals surface area contributed by atoms with Gasteiger partial charge in [0.15, 0.2) is 0 Å². The smallest absolute Gasteiger partial charge is 0.138 e. The van der Waals surface area contributed by atoms with E-state index >= 15 is 0 Å². The molecule has 2 nitrogen and oxygen atoms in total. The third-order valence-electron chi connectivity index (χ3n) is 4.83. The molecule has 2 aliphatic rings. The van der Waals surface area contributed by atoms with E-state index in [2.05, 4.69) is 12.4 Å². The zero-order valence-corrected chi connectivity index (χ0v) is 12.6. The minimum Gasteiger partial charge on any atom is -0.488 e. The van der Waals surface area contributed by atoms with Crippen LogP contribution in [0.25, 0.3) is 0 Å². The molecule has 1 N–H and O–H groups in total. The van der Waals surface area contributed by atoms with Crippen LogP contribution < -0.4 is 10.1 Å². The first kappa shape index (κ1) is 13.5. The summed E-state index contributed by atoms with van der Waals surface area (Å²) in [5.41, 5.74) is 0.317. The van der Waals surface area contributed by atoms with Crippen LogP contribution in [0.2, 0.25) is 10.0 Å². The Kier molecular flexibility index (Phi) is 3.67. The molecular formula is C15H19Cl2NO. The van der Waals surface area contributed by atoms with Gasteiger partial charge in [0.25, 0.3) is 0 Å². The highest BCUT2D eigenvalue weighted by molar-refractivity contribution is 6.35. The van der Waals surface area contributed by atoms with E-state index in [0.29, 0.717) is 21.5 Å². The zero-order valence-electron chi connectivity index (χ0n) is 11.1. The number of benzene rings is 1. The van der Waals surface area contributed by atoms with Crippen molar-refractivity contribution in [3.05, 3.63) is 28.2 Å². The minimum absolute atomic E-state index is 0.283. The summed E-state index contributed by atoms with van der Waals surface area (Å²) in [6.45, 7) is 0. The number of hydrogen-bond donors (Lipinski definition) is 1. The van der Waals surface area contributed by atoms with Gasteiger partial charge < -0.3 is 10.1 Å². The lowest BCUT2D eigenvalue weighted by atomic mass is 9.60. The Balaban J connectivity index is 1.77. The molecule has 2 unspecified atom stereocenters. The van der Waals surface area contributed by atoms with E-state index in [1.54, 1.807) is 6.07 Å². The molecule has 2 fully saturated rings. The summed E-state index contributed by atoms with van der Waals surface area (Å²) in [7, 11) is 2.05. The SMILES string of the molecule is CNC1CC(Oc2ccc(Cl)cc2Cl)C12CCCC2. The summed E-state index contributed by atoms with van der Waals surface area (Å²) in [5, 5.41) is 4.69. The van der Waals surface area contributed by atoms with E-state index in [1.807, 2.05) is 12.1 Å². The van der Waals surface area contributed by atoms with Gasteiger partial charge in [0.05, 0.1) is 5.02 Å². The van der Waals surface area contributed by atoms with E-state index in [-0.39, 0.29) is 6.10 Å². The third kappa shape index (κ3) is 2.24. The van der Waals surface area contributed by atoms with Crippen molar-refractivity contribution in [3.8, 4) is 5.75 Å². The molecule has 0 heterocycles. The van der Waals surface area contributed by atoms with Crippen molar-refractivity contribution in [3.63, 3.8) is 0 Å². The van der Waals surface area contributed by atoms with Gasteiger partial charge in [0.1, 0.15) is 11.9 Å². The largest absolute Gasteiger partial charge is 0.488 e. The maximum absolute atomic E-state index is 6.19. The molecule has 2 atom stereocenters. The number of halogens is 2. The van der Waals surface area contributed by atoms with Crippen LogP contribution in [0.4, 0.5) is 0 Å². The molecule has 4 heteroatoms. The molecule has 19 heavy (non-hydrogen) atoms. The minimum atomic E-state index is 0.283. The lowest BCUT2D eigenvalue weighted by Crippen LogP contribution is -2.63. The second kappa shape index (κ2) is 5.16. The molecule has 0 aromatic heterocycles. The molecule has 1 spiro atoms. The molecule has 104 valence electrons. The van der Waals surface area contributed by atoms with Crippen molar-refractivity contribution in [2.75, 3.05) is 7.05 Å². The Morgan fingerprint density at radius 1 is 1.26 bits per heavy atom. The summed E-state index contributed by atoms with van der Waals surface area (Å²) < 4.78 is 6.18. The Labute approximate surface area is 124 Å². The maximum Gasteiger partial charge on any atom is 0.138 e. The fourth-order valence-electron chi connectivity index (χ4n) is 3.75. The summed E-state index contributed by atoms with van der Waals surface area (Å²) in [4.78, 5) is 0. The molecule has 0 radical (unpaired) electrons. The van der Waals surface area contributed by atoms with Crippen molar-refractivity contribution < 1.29 is 4.74 Å². The number of nitrogens with one attached hydrogen (secondary N) is 1. The predicted molar refractivity (Wildman–Crippen MR) is 79.2 cm³/mol. The number of ether oxygens (including phenoxy) is 1. The monoisotopic (exact) mass is 299 g/mol. The summed E-state index contributed by atoms with van der Waals surface area (Å²) in [6.07, 6.45) is 6.49. The molecule has 0 amide bonds. The predicted octanol–water partition coefficient (Wildman–Crippen LogP) is 4.29. The average Bonchev–Trinajstić information content (AvgIpc) is 2.88. The van der Waals surface area contributed by atoms with Crippen LogP contribution in [0, 0.1) is 5.41 Å². The lowest BCUT2D eigenvalue weighted by molar-refractivity contribution is -0.0735.